The van der Waals surface area contributed by atoms with Crippen LogP contribution in [0.25, 0.3) is 11.1 Å². The summed E-state index contributed by atoms with van der Waals surface area (Å²) in [5, 5.41) is 18.9. The topological polar surface area (TPSA) is 137 Å². The number of nitrogen functional groups attached to an aromatic ring is 2. The van der Waals surface area contributed by atoms with Gasteiger partial charge in [0.15, 0.2) is 0 Å². The monoisotopic (exact) mass is 592 g/mol. The Bertz CT molecular complexity index is 1230. The quantitative estimate of drug-likeness (QED) is 0.255. The van der Waals surface area contributed by atoms with E-state index in [0.717, 1.165) is 21.3 Å². The minimum atomic E-state index is -1.56. The second kappa shape index (κ2) is 14.5. The van der Waals surface area contributed by atoms with Crippen LogP contribution in [0.4, 0.5) is 11.6 Å². The minimum absolute atomic E-state index is 0.269. The lowest BCUT2D eigenvalue weighted by Gasteiger charge is -2.08. The second-order valence-corrected chi connectivity index (χ2v) is 8.77. The highest BCUT2D eigenvalue weighted by molar-refractivity contribution is 9.10. The molecule has 12 heteroatoms. The van der Waals surface area contributed by atoms with Crippen molar-refractivity contribution in [1.82, 2.24) is 9.97 Å². The average molecular weight is 594 g/mol. The summed E-state index contributed by atoms with van der Waals surface area (Å²) in [6.07, 6.45) is 3.36. The normalized spacial score (nSPS) is 9.75. The third kappa shape index (κ3) is 9.21. The van der Waals surface area contributed by atoms with Crippen LogP contribution in [0.3, 0.4) is 0 Å². The number of ether oxygens (including phenoxy) is 2. The van der Waals surface area contributed by atoms with Crippen LogP contribution in [-0.2, 0) is 0 Å². The molecule has 0 atom stereocenters. The summed E-state index contributed by atoms with van der Waals surface area (Å²) in [5.74, 6) is 2.21. The van der Waals surface area contributed by atoms with E-state index in [-0.39, 0.29) is 5.46 Å². The van der Waals surface area contributed by atoms with Crippen LogP contribution in [0.5, 0.6) is 11.5 Å². The largest absolute Gasteiger partial charge is 0.497 e. The summed E-state index contributed by atoms with van der Waals surface area (Å²) in [5.41, 5.74) is 12.9. The molecule has 0 saturated carbocycles. The van der Waals surface area contributed by atoms with Gasteiger partial charge >= 0.3 is 7.12 Å². The van der Waals surface area contributed by atoms with Gasteiger partial charge in [-0.05, 0) is 76.6 Å². The van der Waals surface area contributed by atoms with Crippen LogP contribution < -0.4 is 26.4 Å². The van der Waals surface area contributed by atoms with Crippen LogP contribution in [0.2, 0.25) is 10.0 Å². The lowest BCUT2D eigenvalue weighted by atomic mass is 9.79. The minimum Gasteiger partial charge on any atom is -0.497 e. The molecule has 8 nitrogen and oxygen atoms in total. The Kier molecular flexibility index (Phi) is 11.8. The fraction of sp³-hybridized carbons (Fsp3) is 0.0833. The lowest BCUT2D eigenvalue weighted by Crippen LogP contribution is -2.31. The van der Waals surface area contributed by atoms with Crippen LogP contribution in [0, 0.1) is 0 Å². The van der Waals surface area contributed by atoms with Crippen LogP contribution in [0.1, 0.15) is 0 Å². The van der Waals surface area contributed by atoms with Crippen molar-refractivity contribution >= 4 is 63.3 Å². The molecule has 4 rings (SSSR count). The molecule has 0 amide bonds. The Hall–Kier alpha value is -3.02. The molecule has 0 aliphatic heterocycles. The van der Waals surface area contributed by atoms with E-state index in [1.54, 1.807) is 49.8 Å². The zero-order valence-corrected chi connectivity index (χ0v) is 22.5. The summed E-state index contributed by atoms with van der Waals surface area (Å²) < 4.78 is 11.1. The Morgan fingerprint density at radius 1 is 0.778 bits per heavy atom. The van der Waals surface area contributed by atoms with Gasteiger partial charge in [-0.15, -0.1) is 0 Å². The van der Waals surface area contributed by atoms with Crippen molar-refractivity contribution in [2.24, 2.45) is 0 Å². The Labute approximate surface area is 228 Å². The van der Waals surface area contributed by atoms with Crippen molar-refractivity contribution in [2.75, 3.05) is 25.7 Å². The maximum absolute atomic E-state index is 8.88. The molecule has 0 radical (unpaired) electrons. The number of halogens is 3. The van der Waals surface area contributed by atoms with Gasteiger partial charge in [-0.3, -0.25) is 0 Å². The first kappa shape index (κ1) is 29.2. The molecular formula is C24H24BBrCl2N4O4. The molecule has 0 bridgehead atoms. The number of hydrogen-bond acceptors (Lipinski definition) is 8. The van der Waals surface area contributed by atoms with Gasteiger partial charge < -0.3 is 31.0 Å². The van der Waals surface area contributed by atoms with Gasteiger partial charge in [0.25, 0.3) is 0 Å². The molecule has 0 saturated heterocycles. The molecule has 0 aliphatic carbocycles. The van der Waals surface area contributed by atoms with Crippen molar-refractivity contribution < 1.29 is 19.5 Å². The number of rotatable bonds is 4. The second-order valence-electron chi connectivity index (χ2n) is 6.98. The standard InChI is InChI=1S/C12H11ClN2O.C7H8BClO3.C5H5BrN2/c1-16-11-4-3-9(13)6-10(11)8-2-5-12(14)15-7-8;1-12-7-3-2-5(9)4-6(7)8(10)11;6-4-1-2-5(7)8-3-4/h2-7H,1H3,(H2,14,15);2-4,10-11H,1H3;1-3H,(H2,7,8). The molecule has 188 valence electrons. The number of hydrogen-bond donors (Lipinski definition) is 4. The lowest BCUT2D eigenvalue weighted by molar-refractivity contribution is 0.403. The van der Waals surface area contributed by atoms with Gasteiger partial charge in [0.2, 0.25) is 0 Å². The molecule has 6 N–H and O–H groups in total. The van der Waals surface area contributed by atoms with E-state index in [0.29, 0.717) is 27.4 Å². The zero-order valence-electron chi connectivity index (χ0n) is 19.4. The molecule has 0 unspecified atom stereocenters. The first-order valence-corrected chi connectivity index (χ1v) is 11.8. The number of nitrogens with zero attached hydrogens (tertiary/aromatic N) is 2. The smallest absolute Gasteiger partial charge is 0.492 e. The van der Waals surface area contributed by atoms with Crippen LogP contribution >= 0.6 is 39.1 Å². The van der Waals surface area contributed by atoms with E-state index in [2.05, 4.69) is 25.9 Å². The van der Waals surface area contributed by atoms with Crippen molar-refractivity contribution in [1.29, 1.82) is 0 Å². The summed E-state index contributed by atoms with van der Waals surface area (Å²) in [7, 11) is 1.52. The molecule has 4 aromatic rings. The Balaban J connectivity index is 0.000000202. The van der Waals surface area contributed by atoms with Gasteiger partial charge in [0, 0.05) is 43.5 Å². The van der Waals surface area contributed by atoms with Gasteiger partial charge in [0.05, 0.1) is 14.2 Å². The van der Waals surface area contributed by atoms with Crippen LogP contribution in [-0.4, -0.2) is 41.4 Å². The highest BCUT2D eigenvalue weighted by Crippen LogP contribution is 2.32. The highest BCUT2D eigenvalue weighted by atomic mass is 79.9. The average Bonchev–Trinajstić information content (AvgIpc) is 2.87. The fourth-order valence-electron chi connectivity index (χ4n) is 2.76. The third-order valence-corrected chi connectivity index (χ3v) is 5.42. The van der Waals surface area contributed by atoms with Gasteiger partial charge in [-0.1, -0.05) is 23.2 Å². The van der Waals surface area contributed by atoms with E-state index in [4.69, 9.17) is 54.2 Å². The van der Waals surface area contributed by atoms with Crippen LogP contribution in [0.15, 0.2) is 77.5 Å². The summed E-state index contributed by atoms with van der Waals surface area (Å²) in [6.45, 7) is 0. The fourth-order valence-corrected chi connectivity index (χ4v) is 3.35. The van der Waals surface area contributed by atoms with Crippen molar-refractivity contribution in [3.63, 3.8) is 0 Å². The number of methoxy groups -OCH3 is 2. The number of nitrogens with two attached hydrogens (primary N) is 2. The maximum atomic E-state index is 8.88. The number of pyridine rings is 2. The number of aromatic nitrogens is 2. The van der Waals surface area contributed by atoms with E-state index in [1.807, 2.05) is 24.3 Å². The van der Waals surface area contributed by atoms with Gasteiger partial charge in [-0.25, -0.2) is 9.97 Å². The van der Waals surface area contributed by atoms with Crippen molar-refractivity contribution in [3.05, 3.63) is 87.6 Å². The summed E-state index contributed by atoms with van der Waals surface area (Å²) in [6, 6.07) is 17.3. The van der Waals surface area contributed by atoms with E-state index in [9.17, 15) is 0 Å². The van der Waals surface area contributed by atoms with E-state index in [1.165, 1.54) is 13.2 Å². The number of anilines is 2. The molecule has 0 fully saturated rings. The first-order valence-electron chi connectivity index (χ1n) is 10.3. The summed E-state index contributed by atoms with van der Waals surface area (Å²) >= 11 is 14.8. The predicted octanol–water partition coefficient (Wildman–Crippen LogP) is 4.45. The molecule has 2 aromatic heterocycles. The Morgan fingerprint density at radius 2 is 1.33 bits per heavy atom. The maximum Gasteiger partial charge on any atom is 0.492 e. The predicted molar refractivity (Wildman–Crippen MR) is 150 cm³/mol. The molecule has 36 heavy (non-hydrogen) atoms. The summed E-state index contributed by atoms with van der Waals surface area (Å²) in [4.78, 5) is 7.85. The van der Waals surface area contributed by atoms with Gasteiger partial charge in [-0.2, -0.15) is 0 Å². The van der Waals surface area contributed by atoms with Crippen molar-refractivity contribution in [3.8, 4) is 22.6 Å². The third-order valence-electron chi connectivity index (χ3n) is 4.48. The number of benzene rings is 2. The van der Waals surface area contributed by atoms with Crippen molar-refractivity contribution in [2.45, 2.75) is 0 Å². The SMILES string of the molecule is COc1ccc(Cl)cc1-c1ccc(N)nc1.COc1ccc(Cl)cc1B(O)O.Nc1ccc(Br)cn1. The molecule has 0 spiro atoms. The molecular weight excluding hydrogens is 570 g/mol. The van der Waals surface area contributed by atoms with E-state index >= 15 is 0 Å². The molecule has 2 aromatic carbocycles. The zero-order chi connectivity index (χ0) is 26.7. The van der Waals surface area contributed by atoms with E-state index < -0.39 is 7.12 Å². The molecule has 2 heterocycles. The Morgan fingerprint density at radius 3 is 1.81 bits per heavy atom. The molecule has 0 aliphatic rings. The van der Waals surface area contributed by atoms with Gasteiger partial charge in [0.1, 0.15) is 23.1 Å². The highest BCUT2D eigenvalue weighted by Gasteiger charge is 2.16. The first-order chi connectivity index (χ1) is 17.1.